The van der Waals surface area contributed by atoms with E-state index in [1.165, 1.54) is 37.3 Å². The normalized spacial score (nSPS) is 11.8. The molecule has 0 aromatic heterocycles. The van der Waals surface area contributed by atoms with E-state index in [2.05, 4.69) is 18.6 Å². The molecule has 0 saturated heterocycles. The summed E-state index contributed by atoms with van der Waals surface area (Å²) in [5.74, 6) is 1.08. The van der Waals surface area contributed by atoms with Crippen LogP contribution in [0.1, 0.15) is 70.8 Å². The van der Waals surface area contributed by atoms with Gasteiger partial charge in [-0.1, -0.05) is 76.6 Å². The first-order chi connectivity index (χ1) is 19.2. The van der Waals surface area contributed by atoms with Crippen LogP contribution in [0, 0.1) is 6.92 Å². The minimum absolute atomic E-state index is 0.244. The molecule has 0 aliphatic heterocycles. The molecule has 0 saturated carbocycles. The molecular weight excluding hydrogens is 548 g/mol. The van der Waals surface area contributed by atoms with Gasteiger partial charge >= 0.3 is 4.38 Å². The van der Waals surface area contributed by atoms with E-state index in [1.807, 2.05) is 0 Å². The molecule has 10 heteroatoms. The first-order valence-corrected chi connectivity index (χ1v) is 16.7. The molecule has 0 fully saturated rings. The fourth-order valence-corrected chi connectivity index (χ4v) is 7.95. The van der Waals surface area contributed by atoms with Crippen molar-refractivity contribution in [1.82, 2.24) is 0 Å². The second kappa shape index (κ2) is 14.4. The van der Waals surface area contributed by atoms with Gasteiger partial charge in [-0.2, -0.15) is 0 Å². The van der Waals surface area contributed by atoms with Crippen molar-refractivity contribution in [2.45, 2.75) is 81.9 Å². The van der Waals surface area contributed by atoms with Gasteiger partial charge < -0.3 is 15.0 Å². The van der Waals surface area contributed by atoms with E-state index >= 15 is 0 Å². The van der Waals surface area contributed by atoms with E-state index < -0.39 is 24.1 Å². The van der Waals surface area contributed by atoms with Crippen molar-refractivity contribution in [3.8, 4) is 11.5 Å². The highest BCUT2D eigenvalue weighted by Gasteiger charge is 2.44. The highest BCUT2D eigenvalue weighted by atomic mass is 32.3. The molecule has 0 bridgehead atoms. The number of rotatable bonds is 14. The number of ether oxygens (including phenoxy) is 2. The quantitative estimate of drug-likeness (QED) is 0.0665. The Morgan fingerprint density at radius 1 is 0.725 bits per heavy atom. The van der Waals surface area contributed by atoms with Crippen LogP contribution in [0.15, 0.2) is 64.4 Å². The van der Waals surface area contributed by atoms with Crippen molar-refractivity contribution in [1.29, 1.82) is 0 Å². The van der Waals surface area contributed by atoms with Crippen molar-refractivity contribution in [3.05, 3.63) is 65.7 Å². The molecule has 0 N–H and O–H groups in total. The molecule has 3 rings (SSSR count). The van der Waals surface area contributed by atoms with Crippen LogP contribution in [0.2, 0.25) is 0 Å². The standard InChI is InChI=1S/C30H38N2O6S2/c1-4-6-8-12-18-37-27-21-24-16-17-26(20-25(24)22-28(27)38-19-13-9-7-5-2)39(33,34)30(32-31)40(35,36)29-15-11-10-14-23(29)3/h10-11,14-17,20-22H,4-9,12-13,18-19H2,1-3H3. The van der Waals surface area contributed by atoms with E-state index in [1.54, 1.807) is 24.3 Å². The van der Waals surface area contributed by atoms with Gasteiger partial charge in [0.05, 0.1) is 23.0 Å². The molecule has 0 aliphatic rings. The van der Waals surface area contributed by atoms with Gasteiger partial charge in [-0.3, -0.25) is 0 Å². The van der Waals surface area contributed by atoms with E-state index in [-0.39, 0.29) is 9.79 Å². The molecular formula is C30H38N2O6S2. The maximum atomic E-state index is 13.5. The molecule has 8 nitrogen and oxygen atoms in total. The SMILES string of the molecule is CCCCCCOc1cc2ccc(S(=O)(=O)C(=[N+]=[N-])S(=O)(=O)c3ccccc3C)cc2cc1OCCCCCC. The Balaban J connectivity index is 1.98. The summed E-state index contributed by atoms with van der Waals surface area (Å²) in [6.45, 7) is 6.86. The lowest BCUT2D eigenvalue weighted by Gasteiger charge is -2.15. The molecule has 0 amide bonds. The lowest BCUT2D eigenvalue weighted by Crippen LogP contribution is -2.26. The topological polar surface area (TPSA) is 123 Å². The van der Waals surface area contributed by atoms with Crippen LogP contribution in [-0.4, -0.2) is 39.2 Å². The zero-order valence-corrected chi connectivity index (χ0v) is 25.1. The summed E-state index contributed by atoms with van der Waals surface area (Å²) < 4.78 is 64.2. The monoisotopic (exact) mass is 586 g/mol. The van der Waals surface area contributed by atoms with Crippen LogP contribution in [0.5, 0.6) is 11.5 Å². The first-order valence-electron chi connectivity index (χ1n) is 13.8. The number of sulfone groups is 2. The van der Waals surface area contributed by atoms with E-state index in [9.17, 15) is 22.4 Å². The number of hydrogen-bond acceptors (Lipinski definition) is 6. The zero-order valence-electron chi connectivity index (χ0n) is 23.4. The third-order valence-corrected chi connectivity index (χ3v) is 10.9. The fraction of sp³-hybridized carbons (Fsp3) is 0.433. The number of fused-ring (bicyclic) bond motifs is 1. The first kappa shape index (κ1) is 31.3. The predicted molar refractivity (Wildman–Crippen MR) is 157 cm³/mol. The van der Waals surface area contributed by atoms with Crippen molar-refractivity contribution in [2.24, 2.45) is 0 Å². The lowest BCUT2D eigenvalue weighted by molar-refractivity contribution is 0.00380. The molecule has 0 unspecified atom stereocenters. The largest absolute Gasteiger partial charge is 0.504 e. The Morgan fingerprint density at radius 2 is 1.30 bits per heavy atom. The van der Waals surface area contributed by atoms with Gasteiger partial charge in [-0.15, -0.1) is 4.79 Å². The van der Waals surface area contributed by atoms with Crippen LogP contribution < -0.4 is 9.47 Å². The van der Waals surface area contributed by atoms with Crippen molar-refractivity contribution in [3.63, 3.8) is 0 Å². The molecule has 0 aliphatic carbocycles. The molecule has 0 atom stereocenters. The molecule has 0 spiro atoms. The summed E-state index contributed by atoms with van der Waals surface area (Å²) in [7, 11) is -9.32. The Labute approximate surface area is 237 Å². The minimum atomic E-state index is -4.70. The predicted octanol–water partition coefficient (Wildman–Crippen LogP) is 6.90. The van der Waals surface area contributed by atoms with Gasteiger partial charge in [-0.25, -0.2) is 16.8 Å². The molecule has 0 radical (unpaired) electrons. The van der Waals surface area contributed by atoms with Gasteiger partial charge in [0.1, 0.15) is 0 Å². The molecule has 3 aromatic rings. The van der Waals surface area contributed by atoms with Gasteiger partial charge in [0.2, 0.25) is 0 Å². The summed E-state index contributed by atoms with van der Waals surface area (Å²) >= 11 is 0. The molecule has 0 heterocycles. The van der Waals surface area contributed by atoms with Gasteiger partial charge in [0, 0.05) is 0 Å². The maximum absolute atomic E-state index is 13.5. The average Bonchev–Trinajstić information content (AvgIpc) is 2.92. The number of aryl methyl sites for hydroxylation is 1. The summed E-state index contributed by atoms with van der Waals surface area (Å²) in [6, 6.07) is 13.7. The third-order valence-electron chi connectivity index (χ3n) is 6.62. The van der Waals surface area contributed by atoms with Gasteiger partial charge in [-0.05, 0) is 66.4 Å². The lowest BCUT2D eigenvalue weighted by atomic mass is 10.1. The van der Waals surface area contributed by atoms with E-state index in [0.717, 1.165) is 51.4 Å². The van der Waals surface area contributed by atoms with Gasteiger partial charge in [0.15, 0.2) is 11.5 Å². The smallest absolute Gasteiger partial charge is 0.490 e. The number of benzene rings is 3. The number of hydrogen-bond donors (Lipinski definition) is 0. The highest BCUT2D eigenvalue weighted by molar-refractivity contribution is 8.31. The average molecular weight is 587 g/mol. The van der Waals surface area contributed by atoms with E-state index in [4.69, 9.17) is 9.47 Å². The van der Waals surface area contributed by atoms with Crippen LogP contribution in [0.4, 0.5) is 0 Å². The van der Waals surface area contributed by atoms with Crippen LogP contribution in [-0.2, 0) is 19.7 Å². The van der Waals surface area contributed by atoms with Crippen LogP contribution in [0.3, 0.4) is 0 Å². The molecule has 3 aromatic carbocycles. The third kappa shape index (κ3) is 7.50. The second-order valence-electron chi connectivity index (χ2n) is 9.76. The Kier molecular flexibility index (Phi) is 11.3. The Bertz CT molecular complexity index is 1580. The van der Waals surface area contributed by atoms with E-state index in [0.29, 0.717) is 41.0 Å². The maximum Gasteiger partial charge on any atom is 0.504 e. The summed E-state index contributed by atoms with van der Waals surface area (Å²) in [4.78, 5) is 2.20. The Hall–Kier alpha value is -3.20. The molecule has 216 valence electrons. The van der Waals surface area contributed by atoms with Crippen molar-refractivity contribution >= 4 is 34.8 Å². The zero-order chi connectivity index (χ0) is 29.2. The van der Waals surface area contributed by atoms with Crippen molar-refractivity contribution < 1.29 is 31.1 Å². The number of unbranched alkanes of at least 4 members (excludes halogenated alkanes) is 6. The van der Waals surface area contributed by atoms with Crippen molar-refractivity contribution in [2.75, 3.05) is 13.2 Å². The Morgan fingerprint density at radius 3 is 1.85 bits per heavy atom. The van der Waals surface area contributed by atoms with Gasteiger partial charge in [0.25, 0.3) is 19.7 Å². The summed E-state index contributed by atoms with van der Waals surface area (Å²) in [5, 5.41) is 1.22. The highest BCUT2D eigenvalue weighted by Crippen LogP contribution is 2.35. The summed E-state index contributed by atoms with van der Waals surface area (Å²) in [6.07, 6.45) is 8.39. The second-order valence-corrected chi connectivity index (χ2v) is 13.7. The number of nitrogens with zero attached hydrogens (tertiary/aromatic N) is 2. The summed E-state index contributed by atoms with van der Waals surface area (Å²) in [5.41, 5.74) is 9.93. The van der Waals surface area contributed by atoms with Crippen LogP contribution >= 0.6 is 0 Å². The minimum Gasteiger partial charge on any atom is -0.490 e. The molecule has 40 heavy (non-hydrogen) atoms. The fourth-order valence-electron chi connectivity index (χ4n) is 4.35. The van der Waals surface area contributed by atoms with Crippen LogP contribution in [0.25, 0.3) is 16.3 Å².